The lowest BCUT2D eigenvalue weighted by atomic mass is 10.2. The molecule has 11 heavy (non-hydrogen) atoms. The van der Waals surface area contributed by atoms with E-state index in [0.717, 1.165) is 11.3 Å². The summed E-state index contributed by atoms with van der Waals surface area (Å²) in [6.07, 6.45) is 3.90. The minimum atomic E-state index is 0.696. The zero-order valence-electron chi connectivity index (χ0n) is 6.65. The van der Waals surface area contributed by atoms with Gasteiger partial charge in [-0.1, -0.05) is 11.2 Å². The fourth-order valence-electron chi connectivity index (χ4n) is 1.11. The topological polar surface area (TPSA) is 52.0 Å². The molecule has 4 nitrogen and oxygen atoms in total. The Hall–Kier alpha value is -1.41. The first-order chi connectivity index (χ1) is 5.22. The van der Waals surface area contributed by atoms with E-state index < -0.39 is 0 Å². The van der Waals surface area contributed by atoms with Gasteiger partial charge in [0, 0.05) is 30.4 Å². The van der Waals surface area contributed by atoms with E-state index in [2.05, 4.69) is 10.0 Å². The molecule has 58 valence electrons. The average Bonchev–Trinajstić information content (AvgIpc) is 1.85. The number of nitrogens with zero attached hydrogens (tertiary/aromatic N) is 4. The zero-order chi connectivity index (χ0) is 8.27. The number of likely N-dealkylation sites (N-methyl/N-ethyl adjacent to an activating group) is 1. The minimum Gasteiger partial charge on any atom is -0.376 e. The summed E-state index contributed by atoms with van der Waals surface area (Å²) >= 11 is 0. The highest BCUT2D eigenvalue weighted by Gasteiger charge is 2.03. The van der Waals surface area contributed by atoms with E-state index >= 15 is 0 Å². The number of rotatable bonds is 1. The maximum atomic E-state index is 8.17. The van der Waals surface area contributed by atoms with Crippen LogP contribution in [-0.2, 0) is 0 Å². The molecule has 1 heterocycles. The van der Waals surface area contributed by atoms with Gasteiger partial charge < -0.3 is 4.90 Å². The van der Waals surface area contributed by atoms with Crippen molar-refractivity contribution in [2.24, 2.45) is 5.11 Å². The Kier molecular flexibility index (Phi) is 2.18. The van der Waals surface area contributed by atoms with Crippen LogP contribution in [0.1, 0.15) is 6.92 Å². The number of hydrogen-bond donors (Lipinski definition) is 0. The van der Waals surface area contributed by atoms with Crippen LogP contribution >= 0.6 is 0 Å². The molecule has 0 aromatic rings. The molecule has 4 heteroatoms. The first-order valence-electron chi connectivity index (χ1n) is 3.36. The molecule has 1 aliphatic rings. The van der Waals surface area contributed by atoms with Crippen LogP contribution in [0.15, 0.2) is 28.7 Å². The second-order valence-corrected chi connectivity index (χ2v) is 2.61. The van der Waals surface area contributed by atoms with Gasteiger partial charge in [-0.25, -0.2) is 0 Å². The van der Waals surface area contributed by atoms with E-state index in [9.17, 15) is 0 Å². The van der Waals surface area contributed by atoms with Gasteiger partial charge in [-0.3, -0.25) is 0 Å². The van der Waals surface area contributed by atoms with E-state index in [1.54, 1.807) is 0 Å². The van der Waals surface area contributed by atoms with Crippen LogP contribution in [-0.4, -0.2) is 18.5 Å². The smallest absolute Gasteiger partial charge is 0.0446 e. The molecule has 0 saturated heterocycles. The van der Waals surface area contributed by atoms with Gasteiger partial charge in [-0.2, -0.15) is 0 Å². The Balaban J connectivity index is 2.83. The molecule has 0 amide bonds. The maximum absolute atomic E-state index is 8.17. The van der Waals surface area contributed by atoms with Crippen molar-refractivity contribution in [3.63, 3.8) is 0 Å². The first-order valence-corrected chi connectivity index (χ1v) is 3.36. The van der Waals surface area contributed by atoms with Crippen LogP contribution in [0.2, 0.25) is 0 Å². The van der Waals surface area contributed by atoms with Crippen LogP contribution in [0.25, 0.3) is 10.4 Å². The summed E-state index contributed by atoms with van der Waals surface area (Å²) in [6.45, 7) is 2.67. The Morgan fingerprint density at radius 1 is 1.73 bits per heavy atom. The fraction of sp³-hybridized carbons (Fsp3) is 0.429. The summed E-state index contributed by atoms with van der Waals surface area (Å²) in [5.74, 6) is 0. The highest BCUT2D eigenvalue weighted by Crippen LogP contribution is 2.12. The summed E-state index contributed by atoms with van der Waals surface area (Å²) in [5, 5.41) is 3.54. The highest BCUT2D eigenvalue weighted by atomic mass is 15.2. The van der Waals surface area contributed by atoms with E-state index in [0.29, 0.717) is 6.54 Å². The molecular weight excluding hydrogens is 140 g/mol. The van der Waals surface area contributed by atoms with Crippen molar-refractivity contribution in [1.29, 1.82) is 0 Å². The molecule has 1 rings (SSSR count). The van der Waals surface area contributed by atoms with Crippen LogP contribution < -0.4 is 0 Å². The van der Waals surface area contributed by atoms with Crippen LogP contribution in [0.3, 0.4) is 0 Å². The van der Waals surface area contributed by atoms with Crippen molar-refractivity contribution >= 4 is 0 Å². The molecule has 0 aromatic heterocycles. The van der Waals surface area contributed by atoms with Gasteiger partial charge in [0.1, 0.15) is 0 Å². The first kappa shape index (κ1) is 7.69. The molecule has 0 unspecified atom stereocenters. The summed E-state index contributed by atoms with van der Waals surface area (Å²) in [4.78, 5) is 4.72. The van der Waals surface area contributed by atoms with Crippen molar-refractivity contribution < 1.29 is 0 Å². The summed E-state index contributed by atoms with van der Waals surface area (Å²) < 4.78 is 0. The predicted molar refractivity (Wildman–Crippen MR) is 43.6 cm³/mol. The third kappa shape index (κ3) is 2.02. The molecule has 0 atom stereocenters. The zero-order valence-corrected chi connectivity index (χ0v) is 6.65. The third-order valence-electron chi connectivity index (χ3n) is 1.40. The lowest BCUT2D eigenvalue weighted by Gasteiger charge is -2.19. The van der Waals surface area contributed by atoms with E-state index in [1.165, 1.54) is 0 Å². The summed E-state index contributed by atoms with van der Waals surface area (Å²) in [6, 6.07) is 0. The van der Waals surface area contributed by atoms with Gasteiger partial charge in [0.25, 0.3) is 0 Å². The molecule has 0 bridgehead atoms. The minimum absolute atomic E-state index is 0.696. The molecule has 1 aliphatic heterocycles. The van der Waals surface area contributed by atoms with Crippen molar-refractivity contribution in [2.75, 3.05) is 13.6 Å². The SMILES string of the molecule is CC1=CN(C)CC(N=[N+]=[N-])=C1. The van der Waals surface area contributed by atoms with Crippen LogP contribution in [0.4, 0.5) is 0 Å². The van der Waals surface area contributed by atoms with Crippen LogP contribution in [0.5, 0.6) is 0 Å². The molecule has 0 spiro atoms. The number of allylic oxidation sites excluding steroid dienone is 2. The third-order valence-corrected chi connectivity index (χ3v) is 1.40. The second-order valence-electron chi connectivity index (χ2n) is 2.61. The number of hydrogen-bond acceptors (Lipinski definition) is 2. The van der Waals surface area contributed by atoms with E-state index in [-0.39, 0.29) is 0 Å². The molecule has 0 radical (unpaired) electrons. The molecule has 0 saturated carbocycles. The molecule has 0 aromatic carbocycles. The summed E-state index contributed by atoms with van der Waals surface area (Å²) in [7, 11) is 1.95. The molecule has 0 aliphatic carbocycles. The van der Waals surface area contributed by atoms with Gasteiger partial charge in [-0.05, 0) is 18.0 Å². The van der Waals surface area contributed by atoms with Crippen LogP contribution in [0, 0.1) is 0 Å². The molecule has 0 fully saturated rings. The Morgan fingerprint density at radius 2 is 2.45 bits per heavy atom. The van der Waals surface area contributed by atoms with Crippen molar-refractivity contribution in [3.05, 3.63) is 34.0 Å². The van der Waals surface area contributed by atoms with Gasteiger partial charge in [0.2, 0.25) is 0 Å². The van der Waals surface area contributed by atoms with E-state index in [1.807, 2.05) is 31.1 Å². The van der Waals surface area contributed by atoms with Crippen molar-refractivity contribution in [2.45, 2.75) is 6.92 Å². The monoisotopic (exact) mass is 150 g/mol. The van der Waals surface area contributed by atoms with Crippen molar-refractivity contribution in [3.8, 4) is 0 Å². The Morgan fingerprint density at radius 3 is 3.00 bits per heavy atom. The Bertz CT molecular complexity index is 258. The molecule has 0 N–H and O–H groups in total. The van der Waals surface area contributed by atoms with Gasteiger partial charge in [0.05, 0.1) is 0 Å². The lowest BCUT2D eigenvalue weighted by molar-refractivity contribution is 0.483. The largest absolute Gasteiger partial charge is 0.376 e. The highest BCUT2D eigenvalue weighted by molar-refractivity contribution is 5.25. The quantitative estimate of drug-likeness (QED) is 0.320. The van der Waals surface area contributed by atoms with Gasteiger partial charge >= 0.3 is 0 Å². The lowest BCUT2D eigenvalue weighted by Crippen LogP contribution is -2.17. The second kappa shape index (κ2) is 3.12. The predicted octanol–water partition coefficient (Wildman–Crippen LogP) is 2.03. The standard InChI is InChI=1S/C7H10N4/c1-6-3-7(9-10-8)5-11(2)4-6/h3-4H,5H2,1-2H3. The maximum Gasteiger partial charge on any atom is 0.0446 e. The average molecular weight is 150 g/mol. The van der Waals surface area contributed by atoms with Gasteiger partial charge in [-0.15, -0.1) is 0 Å². The van der Waals surface area contributed by atoms with Crippen molar-refractivity contribution in [1.82, 2.24) is 4.90 Å². The fourth-order valence-corrected chi connectivity index (χ4v) is 1.11. The van der Waals surface area contributed by atoms with Gasteiger partial charge in [0.15, 0.2) is 0 Å². The molecular formula is C7H10N4. The Labute approximate surface area is 65.4 Å². The number of azide groups is 1. The normalized spacial score (nSPS) is 16.7. The van der Waals surface area contributed by atoms with E-state index in [4.69, 9.17) is 5.53 Å². The summed E-state index contributed by atoms with van der Waals surface area (Å²) in [5.41, 5.74) is 10.1.